The second kappa shape index (κ2) is 10.00. The molecule has 0 heterocycles. The Hall–Kier alpha value is -3.50. The topological polar surface area (TPSA) is 107 Å². The van der Waals surface area contributed by atoms with Crippen molar-refractivity contribution in [3.05, 3.63) is 53.6 Å². The number of nitrogens with two attached hydrogens (primary N) is 1. The first kappa shape index (κ1) is 20.8. The first-order valence-corrected chi connectivity index (χ1v) is 8.67. The summed E-state index contributed by atoms with van der Waals surface area (Å²) in [5, 5.41) is 12.0. The van der Waals surface area contributed by atoms with Gasteiger partial charge in [0, 0.05) is 6.08 Å². The molecule has 7 nitrogen and oxygen atoms in total. The van der Waals surface area contributed by atoms with Crippen LogP contribution in [-0.2, 0) is 4.79 Å². The highest BCUT2D eigenvalue weighted by molar-refractivity contribution is 5.95. The Bertz CT molecular complexity index is 916. The van der Waals surface area contributed by atoms with Gasteiger partial charge in [-0.15, -0.1) is 0 Å². The quantitative estimate of drug-likeness (QED) is 0.681. The molecule has 2 aromatic carbocycles. The van der Waals surface area contributed by atoms with E-state index in [4.69, 9.17) is 19.9 Å². The number of hydrogen-bond acceptors (Lipinski definition) is 6. The maximum Gasteiger partial charge on any atom is 0.238 e. The first-order valence-electron chi connectivity index (χ1n) is 8.67. The predicted octanol–water partition coefficient (Wildman–Crippen LogP) is 2.95. The van der Waals surface area contributed by atoms with Crippen LogP contribution >= 0.6 is 0 Å². The molecule has 0 saturated carbocycles. The van der Waals surface area contributed by atoms with Crippen molar-refractivity contribution in [2.45, 2.75) is 6.92 Å². The van der Waals surface area contributed by atoms with Crippen LogP contribution in [0.4, 0.5) is 5.69 Å². The van der Waals surface area contributed by atoms with Gasteiger partial charge in [-0.25, -0.2) is 0 Å². The molecule has 146 valence electrons. The van der Waals surface area contributed by atoms with Crippen LogP contribution in [0.1, 0.15) is 18.1 Å². The molecule has 0 aliphatic rings. The second-order valence-electron chi connectivity index (χ2n) is 5.65. The van der Waals surface area contributed by atoms with Crippen molar-refractivity contribution in [1.29, 1.82) is 5.26 Å². The maximum atomic E-state index is 11.7. The molecule has 0 aromatic heterocycles. The summed E-state index contributed by atoms with van der Waals surface area (Å²) < 4.78 is 16.2. The second-order valence-corrected chi connectivity index (χ2v) is 5.65. The van der Waals surface area contributed by atoms with Crippen LogP contribution in [0, 0.1) is 11.3 Å². The molecule has 7 heteroatoms. The zero-order valence-corrected chi connectivity index (χ0v) is 16.1. The summed E-state index contributed by atoms with van der Waals surface area (Å²) in [7, 11) is 3.08. The van der Waals surface area contributed by atoms with E-state index in [1.165, 1.54) is 13.2 Å². The fourth-order valence-corrected chi connectivity index (χ4v) is 2.68. The van der Waals surface area contributed by atoms with Gasteiger partial charge in [0.25, 0.3) is 0 Å². The minimum atomic E-state index is -0.343. The molecule has 3 N–H and O–H groups in total. The summed E-state index contributed by atoms with van der Waals surface area (Å²) >= 11 is 0. The smallest absolute Gasteiger partial charge is 0.238 e. The molecule has 0 bridgehead atoms. The maximum absolute atomic E-state index is 11.7. The molecule has 0 aliphatic heterocycles. The zero-order chi connectivity index (χ0) is 20.5. The summed E-state index contributed by atoms with van der Waals surface area (Å²) in [6, 6.07) is 12.8. The number of benzene rings is 2. The Morgan fingerprint density at radius 1 is 1.11 bits per heavy atom. The Kier molecular flexibility index (Phi) is 7.43. The van der Waals surface area contributed by atoms with Crippen LogP contribution in [0.15, 0.2) is 42.5 Å². The van der Waals surface area contributed by atoms with Crippen molar-refractivity contribution in [3.63, 3.8) is 0 Å². The number of carbonyl (C=O) groups is 1. The number of nitriles is 1. The van der Waals surface area contributed by atoms with Crippen molar-refractivity contribution >= 4 is 17.2 Å². The lowest BCUT2D eigenvalue weighted by molar-refractivity contribution is -0.114. The summed E-state index contributed by atoms with van der Waals surface area (Å²) in [5.74, 6) is 1.33. The molecule has 0 saturated heterocycles. The summed E-state index contributed by atoms with van der Waals surface area (Å²) in [5.41, 5.74) is 8.02. The van der Waals surface area contributed by atoms with Crippen LogP contribution in [0.25, 0.3) is 5.57 Å². The lowest BCUT2D eigenvalue weighted by atomic mass is 9.96. The third kappa shape index (κ3) is 4.81. The van der Waals surface area contributed by atoms with Gasteiger partial charge in [-0.3, -0.25) is 4.79 Å². The zero-order valence-electron chi connectivity index (χ0n) is 16.1. The average molecular weight is 381 g/mol. The van der Waals surface area contributed by atoms with E-state index in [2.05, 4.69) is 11.4 Å². The minimum Gasteiger partial charge on any atom is -0.495 e. The summed E-state index contributed by atoms with van der Waals surface area (Å²) in [6.07, 6.45) is 1.44. The van der Waals surface area contributed by atoms with E-state index in [0.29, 0.717) is 35.1 Å². The molecule has 0 spiro atoms. The van der Waals surface area contributed by atoms with Gasteiger partial charge >= 0.3 is 0 Å². The van der Waals surface area contributed by atoms with E-state index in [1.54, 1.807) is 25.3 Å². The third-order valence-electron chi connectivity index (χ3n) is 3.95. The van der Waals surface area contributed by atoms with Crippen molar-refractivity contribution in [2.75, 3.05) is 32.7 Å². The van der Waals surface area contributed by atoms with Crippen LogP contribution in [0.5, 0.6) is 17.2 Å². The Balaban J connectivity index is 2.54. The molecule has 1 amide bonds. The van der Waals surface area contributed by atoms with Gasteiger partial charge in [-0.2, -0.15) is 5.26 Å². The molecule has 0 unspecified atom stereocenters. The minimum absolute atomic E-state index is 0.148. The SMILES string of the molecule is CCOc1cc(/C(=C/C#N)c2ccc(OC)c(NC(=O)CN)c2)ccc1OC. The van der Waals surface area contributed by atoms with Gasteiger partial charge in [-0.1, -0.05) is 12.1 Å². The highest BCUT2D eigenvalue weighted by Crippen LogP contribution is 2.35. The standard InChI is InChI=1S/C21H23N3O4/c1-4-28-20-12-15(6-8-19(20)27-3)16(9-10-22)14-5-7-18(26-2)17(11-14)24-21(25)13-23/h5-9,11-12H,4,13,23H2,1-3H3,(H,24,25)/b16-9+. The van der Waals surface area contributed by atoms with Crippen molar-refractivity contribution < 1.29 is 19.0 Å². The van der Waals surface area contributed by atoms with E-state index in [0.717, 1.165) is 11.1 Å². The molecular weight excluding hydrogens is 358 g/mol. The fraction of sp³-hybridized carbons (Fsp3) is 0.238. The van der Waals surface area contributed by atoms with Crippen molar-refractivity contribution in [3.8, 4) is 23.3 Å². The molecule has 0 radical (unpaired) electrons. The predicted molar refractivity (Wildman–Crippen MR) is 108 cm³/mol. The van der Waals surface area contributed by atoms with E-state index < -0.39 is 0 Å². The van der Waals surface area contributed by atoms with Crippen LogP contribution in [0.2, 0.25) is 0 Å². The number of nitrogens with zero attached hydrogens (tertiary/aromatic N) is 1. The summed E-state index contributed by atoms with van der Waals surface area (Å²) in [6.45, 7) is 2.22. The van der Waals surface area contributed by atoms with E-state index >= 15 is 0 Å². The molecule has 0 fully saturated rings. The largest absolute Gasteiger partial charge is 0.495 e. The highest BCUT2D eigenvalue weighted by Gasteiger charge is 2.14. The van der Waals surface area contributed by atoms with Gasteiger partial charge in [0.15, 0.2) is 11.5 Å². The number of carbonyl (C=O) groups excluding carboxylic acids is 1. The molecule has 0 atom stereocenters. The van der Waals surface area contributed by atoms with Gasteiger partial charge < -0.3 is 25.3 Å². The molecule has 0 aliphatic carbocycles. The monoisotopic (exact) mass is 381 g/mol. The van der Waals surface area contributed by atoms with E-state index in [9.17, 15) is 10.1 Å². The van der Waals surface area contributed by atoms with Crippen LogP contribution in [0.3, 0.4) is 0 Å². The Labute approximate surface area is 164 Å². The van der Waals surface area contributed by atoms with Gasteiger partial charge in [0.2, 0.25) is 5.91 Å². The first-order chi connectivity index (χ1) is 13.6. The molecule has 2 rings (SSSR count). The Morgan fingerprint density at radius 2 is 1.75 bits per heavy atom. The Morgan fingerprint density at radius 3 is 2.32 bits per heavy atom. The third-order valence-corrected chi connectivity index (χ3v) is 3.95. The average Bonchev–Trinajstić information content (AvgIpc) is 2.72. The lowest BCUT2D eigenvalue weighted by Crippen LogP contribution is -2.22. The number of rotatable bonds is 8. The normalized spacial score (nSPS) is 10.8. The van der Waals surface area contributed by atoms with E-state index in [1.807, 2.05) is 25.1 Å². The number of nitrogens with one attached hydrogen (secondary N) is 1. The van der Waals surface area contributed by atoms with Gasteiger partial charge in [0.1, 0.15) is 5.75 Å². The lowest BCUT2D eigenvalue weighted by Gasteiger charge is -2.15. The number of anilines is 1. The number of ether oxygens (including phenoxy) is 3. The van der Waals surface area contributed by atoms with Crippen LogP contribution < -0.4 is 25.3 Å². The number of amides is 1. The van der Waals surface area contributed by atoms with Gasteiger partial charge in [0.05, 0.1) is 39.1 Å². The number of methoxy groups -OCH3 is 2. The number of hydrogen-bond donors (Lipinski definition) is 2. The fourth-order valence-electron chi connectivity index (χ4n) is 2.68. The number of allylic oxidation sites excluding steroid dienone is 1. The van der Waals surface area contributed by atoms with Gasteiger partial charge in [-0.05, 0) is 47.9 Å². The summed E-state index contributed by atoms with van der Waals surface area (Å²) in [4.78, 5) is 11.7. The van der Waals surface area contributed by atoms with Crippen molar-refractivity contribution in [1.82, 2.24) is 0 Å². The van der Waals surface area contributed by atoms with Crippen molar-refractivity contribution in [2.24, 2.45) is 5.73 Å². The highest BCUT2D eigenvalue weighted by atomic mass is 16.5. The van der Waals surface area contributed by atoms with E-state index in [-0.39, 0.29) is 12.5 Å². The van der Waals surface area contributed by atoms with Crippen LogP contribution in [-0.4, -0.2) is 33.3 Å². The molecule has 28 heavy (non-hydrogen) atoms. The molecule has 2 aromatic rings. The molecular formula is C21H23N3O4.